The molecule has 7 heteroatoms. The third-order valence-corrected chi connectivity index (χ3v) is 6.70. The second-order valence-electron chi connectivity index (χ2n) is 9.07. The molecule has 5 rings (SSSR count). The van der Waals surface area contributed by atoms with Crippen molar-refractivity contribution in [3.63, 3.8) is 0 Å². The van der Waals surface area contributed by atoms with E-state index in [0.717, 1.165) is 29.0 Å². The maximum atomic E-state index is 14.1. The van der Waals surface area contributed by atoms with Crippen LogP contribution in [0.15, 0.2) is 121 Å². The van der Waals surface area contributed by atoms with Gasteiger partial charge in [0.1, 0.15) is 17.9 Å². The van der Waals surface area contributed by atoms with E-state index in [2.05, 4.69) is 0 Å². The molecule has 0 radical (unpaired) electrons. The Balaban J connectivity index is 0.00000353. The summed E-state index contributed by atoms with van der Waals surface area (Å²) in [6.45, 7) is 3.78. The Morgan fingerprint density at radius 2 is 1.18 bits per heavy atom. The monoisotopic (exact) mass is 631 g/mol. The van der Waals surface area contributed by atoms with Gasteiger partial charge in [0.25, 0.3) is 0 Å². The number of rotatable bonds is 8. The molecule has 2 heterocycles. The molecule has 198 valence electrons. The summed E-state index contributed by atoms with van der Waals surface area (Å²) in [6.07, 6.45) is 3.69. The predicted molar refractivity (Wildman–Crippen MR) is 147 cm³/mol. The number of methoxy groups -OCH3 is 1. The molecule has 0 unspecified atom stereocenters. The molecular weight excluding hydrogens is 601 g/mol. The van der Waals surface area contributed by atoms with Gasteiger partial charge in [-0.1, -0.05) is 72.8 Å². The number of aryl methyl sites for hydroxylation is 1. The number of para-hydroxylation sites is 2. The topological polar surface area (TPSA) is 53.7 Å². The van der Waals surface area contributed by atoms with E-state index in [1.54, 1.807) is 12.1 Å². The van der Waals surface area contributed by atoms with Gasteiger partial charge in [-0.05, 0) is 30.2 Å². The molecule has 0 aliphatic carbocycles. The number of pyridine rings is 1. The highest BCUT2D eigenvalue weighted by atomic mass is 127. The molecule has 4 aromatic rings. The van der Waals surface area contributed by atoms with Crippen LogP contribution < -0.4 is 38.3 Å². The van der Waals surface area contributed by atoms with E-state index in [1.165, 1.54) is 7.11 Å². The normalized spacial score (nSPS) is 12.0. The molecule has 1 aliphatic rings. The zero-order valence-electron chi connectivity index (χ0n) is 22.0. The van der Waals surface area contributed by atoms with Crippen LogP contribution in [0.1, 0.15) is 28.4 Å². The summed E-state index contributed by atoms with van der Waals surface area (Å²) in [5.41, 5.74) is 4.40. The van der Waals surface area contributed by atoms with Gasteiger partial charge in [0.05, 0.1) is 18.5 Å². The van der Waals surface area contributed by atoms with E-state index in [-0.39, 0.29) is 35.3 Å². The summed E-state index contributed by atoms with van der Waals surface area (Å²) in [7, 11) is 1.32. The Bertz CT molecular complexity index is 1400. The van der Waals surface area contributed by atoms with Crippen molar-refractivity contribution in [2.24, 2.45) is 0 Å². The summed E-state index contributed by atoms with van der Waals surface area (Å²) in [5, 5.41) is 0. The minimum absolute atomic E-state index is 0. The smallest absolute Gasteiger partial charge is 0.345 e. The minimum Gasteiger partial charge on any atom is -1.00 e. The van der Waals surface area contributed by atoms with Gasteiger partial charge in [0, 0.05) is 30.8 Å². The average molecular weight is 632 g/mol. The Morgan fingerprint density at radius 3 is 1.62 bits per heavy atom. The number of hydrogen-bond acceptors (Lipinski definition) is 5. The molecule has 39 heavy (non-hydrogen) atoms. The zero-order chi connectivity index (χ0) is 26.5. The van der Waals surface area contributed by atoms with Gasteiger partial charge in [0.15, 0.2) is 12.4 Å². The maximum Gasteiger partial charge on any atom is 0.345 e. The second kappa shape index (κ2) is 12.7. The van der Waals surface area contributed by atoms with Crippen molar-refractivity contribution in [1.29, 1.82) is 0 Å². The highest BCUT2D eigenvalue weighted by Crippen LogP contribution is 2.45. The number of hydrogen-bond donors (Lipinski definition) is 0. The number of aromatic nitrogens is 1. The van der Waals surface area contributed by atoms with Crippen LogP contribution in [0, 0.1) is 0 Å². The number of carbonyl (C=O) groups is 2. The lowest BCUT2D eigenvalue weighted by Gasteiger charge is -2.28. The van der Waals surface area contributed by atoms with Crippen LogP contribution in [0.2, 0.25) is 0 Å². The molecule has 0 atom stereocenters. The average Bonchev–Trinajstić information content (AvgIpc) is 3.26. The van der Waals surface area contributed by atoms with E-state index in [9.17, 15) is 9.59 Å². The summed E-state index contributed by atoms with van der Waals surface area (Å²) in [5.74, 6) is -0.525. The predicted octanol–water partition coefficient (Wildman–Crippen LogP) is 2.29. The molecule has 0 saturated heterocycles. The van der Waals surface area contributed by atoms with Crippen molar-refractivity contribution in [3.8, 4) is 0 Å². The lowest BCUT2D eigenvalue weighted by molar-refractivity contribution is -0.693. The quantitative estimate of drug-likeness (QED) is 0.0569. The first-order valence-electron chi connectivity index (χ1n) is 12.7. The molecule has 0 saturated carbocycles. The van der Waals surface area contributed by atoms with E-state index < -0.39 is 5.97 Å². The first kappa shape index (κ1) is 28.0. The number of anilines is 2. The third-order valence-electron chi connectivity index (χ3n) is 6.70. The third kappa shape index (κ3) is 5.88. The maximum absolute atomic E-state index is 14.1. The Labute approximate surface area is 246 Å². The highest BCUT2D eigenvalue weighted by molar-refractivity contribution is 6.25. The van der Waals surface area contributed by atoms with Gasteiger partial charge in [-0.3, -0.25) is 4.79 Å². The Kier molecular flexibility index (Phi) is 9.14. The molecule has 0 spiro atoms. The number of halogens is 1. The van der Waals surface area contributed by atoms with Gasteiger partial charge < -0.3 is 38.5 Å². The molecule has 6 nitrogen and oxygen atoms in total. The van der Waals surface area contributed by atoms with Gasteiger partial charge in [-0.25, -0.2) is 9.36 Å². The molecule has 3 aromatic carbocycles. The van der Waals surface area contributed by atoms with Gasteiger partial charge in [-0.15, -0.1) is 0 Å². The van der Waals surface area contributed by atoms with Crippen LogP contribution in [0.5, 0.6) is 0 Å². The van der Waals surface area contributed by atoms with Crippen molar-refractivity contribution >= 4 is 23.1 Å². The van der Waals surface area contributed by atoms with Crippen LogP contribution in [-0.2, 0) is 29.2 Å². The summed E-state index contributed by atoms with van der Waals surface area (Å²) >= 11 is 0. The van der Waals surface area contributed by atoms with Crippen LogP contribution in [0.4, 0.5) is 11.4 Å². The van der Waals surface area contributed by atoms with Gasteiger partial charge in [-0.2, -0.15) is 0 Å². The highest BCUT2D eigenvalue weighted by Gasteiger charge is 2.39. The van der Waals surface area contributed by atoms with E-state index >= 15 is 0 Å². The fourth-order valence-corrected chi connectivity index (χ4v) is 4.77. The number of fused-ring (bicyclic) bond motifs is 1. The summed E-state index contributed by atoms with van der Waals surface area (Å²) in [6, 6.07) is 31.6. The molecule has 0 bridgehead atoms. The van der Waals surface area contributed by atoms with Crippen molar-refractivity contribution in [2.75, 3.05) is 16.9 Å². The van der Waals surface area contributed by atoms with Crippen molar-refractivity contribution in [1.82, 2.24) is 0 Å². The fraction of sp³-hybridized carbons (Fsp3) is 0.156. The first-order chi connectivity index (χ1) is 18.6. The van der Waals surface area contributed by atoms with Gasteiger partial charge >= 0.3 is 5.97 Å². The summed E-state index contributed by atoms with van der Waals surface area (Å²) in [4.78, 5) is 31.6. The van der Waals surface area contributed by atoms with Crippen LogP contribution in [0.25, 0.3) is 0 Å². The second-order valence-corrected chi connectivity index (χ2v) is 9.07. The lowest BCUT2D eigenvalue weighted by Crippen LogP contribution is -3.00. The van der Waals surface area contributed by atoms with Crippen LogP contribution in [-0.4, -0.2) is 18.9 Å². The first-order valence-corrected chi connectivity index (χ1v) is 12.7. The van der Waals surface area contributed by atoms with Crippen molar-refractivity contribution in [3.05, 3.63) is 138 Å². The number of nitrogens with zero attached hydrogens (tertiary/aromatic N) is 3. The molecule has 0 fully saturated rings. The van der Waals surface area contributed by atoms with Crippen molar-refractivity contribution < 1.29 is 42.9 Å². The Hall–Kier alpha value is -3.98. The molecule has 1 aliphatic heterocycles. The van der Waals surface area contributed by atoms with E-state index in [4.69, 9.17) is 4.74 Å². The number of carbonyl (C=O) groups excluding carboxylic acids is 2. The van der Waals surface area contributed by atoms with E-state index in [1.807, 2.05) is 119 Å². The minimum atomic E-state index is -0.666. The molecule has 1 aromatic heterocycles. The number of ether oxygens (including phenoxy) is 1. The lowest BCUT2D eigenvalue weighted by atomic mass is 10.0. The molecule has 0 N–H and O–H groups in total. The van der Waals surface area contributed by atoms with Crippen LogP contribution >= 0.6 is 0 Å². The zero-order valence-corrected chi connectivity index (χ0v) is 24.1. The Morgan fingerprint density at radius 1 is 0.718 bits per heavy atom. The fourth-order valence-electron chi connectivity index (χ4n) is 4.77. The standard InChI is InChI=1S/C32H30N3O3.HI/c1-3-33-20-18-26(19-21-33)30(36)29(32(37)38-2)31-34(22-24-12-6-4-7-13-24)27-16-10-11-17-28(27)35(31)23-25-14-8-5-9-15-25;/h4-21H,3,22-23H2,1-2H3;1H/q+1;/p-1. The van der Waals surface area contributed by atoms with E-state index in [0.29, 0.717) is 24.5 Å². The largest absolute Gasteiger partial charge is 1.00 e. The SMILES string of the molecule is CC[n+]1ccc(C(=O)C(C(=O)OC)=C2N(Cc3ccccc3)c3ccccc3N2Cc2ccccc2)cc1.[I-]. The summed E-state index contributed by atoms with van der Waals surface area (Å²) < 4.78 is 7.20. The molecule has 0 amide bonds. The molecular formula is C32H30IN3O3. The number of Topliss-reactive ketones (excluding diaryl/α,β-unsaturated/α-hetero) is 1. The number of ketones is 1. The number of esters is 1. The number of benzene rings is 3. The van der Waals surface area contributed by atoms with Crippen molar-refractivity contribution in [2.45, 2.75) is 26.6 Å². The van der Waals surface area contributed by atoms with Crippen LogP contribution in [0.3, 0.4) is 0 Å². The van der Waals surface area contributed by atoms with Gasteiger partial charge in [0.2, 0.25) is 5.78 Å².